The van der Waals surface area contributed by atoms with E-state index in [1.807, 2.05) is 29.2 Å². The average molecular weight is 288 g/mol. The third-order valence-electron chi connectivity index (χ3n) is 4.61. The van der Waals surface area contributed by atoms with Crippen LogP contribution in [0.1, 0.15) is 49.0 Å². The van der Waals surface area contributed by atoms with Gasteiger partial charge in [0.2, 0.25) is 0 Å². The summed E-state index contributed by atoms with van der Waals surface area (Å²) in [6.07, 6.45) is 4.33. The Labute approximate surface area is 128 Å². The maximum Gasteiger partial charge on any atom is 0.253 e. The van der Waals surface area contributed by atoms with Gasteiger partial charge < -0.3 is 10.6 Å². The van der Waals surface area contributed by atoms with E-state index < -0.39 is 0 Å². The highest BCUT2D eigenvalue weighted by Gasteiger charge is 2.23. The van der Waals surface area contributed by atoms with Gasteiger partial charge in [0.05, 0.1) is 0 Å². The van der Waals surface area contributed by atoms with Gasteiger partial charge in [-0.3, -0.25) is 4.79 Å². The van der Waals surface area contributed by atoms with Crippen LogP contribution in [-0.4, -0.2) is 30.4 Å². The molecular formula is C18H28N2O. The lowest BCUT2D eigenvalue weighted by Crippen LogP contribution is -2.32. The first kappa shape index (κ1) is 16.0. The average Bonchev–Trinajstić information content (AvgIpc) is 2.73. The van der Waals surface area contributed by atoms with Gasteiger partial charge in [-0.05, 0) is 61.8 Å². The number of rotatable bonds is 4. The maximum atomic E-state index is 12.7. The molecule has 1 saturated heterocycles. The van der Waals surface area contributed by atoms with Crippen molar-refractivity contribution in [2.45, 2.75) is 39.5 Å². The summed E-state index contributed by atoms with van der Waals surface area (Å²) in [6.45, 7) is 6.99. The Hall–Kier alpha value is -1.35. The van der Waals surface area contributed by atoms with Crippen molar-refractivity contribution in [2.75, 3.05) is 19.6 Å². The monoisotopic (exact) mass is 288 g/mol. The number of amides is 1. The largest absolute Gasteiger partial charge is 0.339 e. The third-order valence-corrected chi connectivity index (χ3v) is 4.61. The molecule has 1 heterocycles. The lowest BCUT2D eigenvalue weighted by Gasteiger charge is -2.22. The molecule has 1 aromatic carbocycles. The highest BCUT2D eigenvalue weighted by Crippen LogP contribution is 2.25. The van der Waals surface area contributed by atoms with Crippen LogP contribution >= 0.6 is 0 Å². The number of carbonyl (C=O) groups excluding carboxylic acids is 1. The fraction of sp³-hybridized carbons (Fsp3) is 0.611. The van der Waals surface area contributed by atoms with E-state index in [0.717, 1.165) is 49.4 Å². The van der Waals surface area contributed by atoms with E-state index in [4.69, 9.17) is 5.73 Å². The summed E-state index contributed by atoms with van der Waals surface area (Å²) < 4.78 is 0. The second kappa shape index (κ2) is 7.60. The van der Waals surface area contributed by atoms with Crippen LogP contribution < -0.4 is 5.73 Å². The molecule has 0 aliphatic carbocycles. The minimum absolute atomic E-state index is 0.179. The standard InChI is InChI=1S/C18H28N2O/c1-14(2)16-7-4-11-20(12-9-16)18(21)17-6-3-5-15(13-17)8-10-19/h3,5-6,13-14,16H,4,7-12,19H2,1-2H3. The Morgan fingerprint density at radius 2 is 2.14 bits per heavy atom. The molecule has 0 aromatic heterocycles. The summed E-state index contributed by atoms with van der Waals surface area (Å²) >= 11 is 0. The summed E-state index contributed by atoms with van der Waals surface area (Å²) in [6, 6.07) is 7.93. The topological polar surface area (TPSA) is 46.3 Å². The summed E-state index contributed by atoms with van der Waals surface area (Å²) in [5, 5.41) is 0. The summed E-state index contributed by atoms with van der Waals surface area (Å²) in [7, 11) is 0. The molecule has 0 bridgehead atoms. The molecule has 1 aromatic rings. The number of nitrogens with zero attached hydrogens (tertiary/aromatic N) is 1. The summed E-state index contributed by atoms with van der Waals surface area (Å²) in [5.41, 5.74) is 7.56. The molecule has 2 rings (SSSR count). The zero-order valence-electron chi connectivity index (χ0n) is 13.3. The Morgan fingerprint density at radius 3 is 2.86 bits per heavy atom. The lowest BCUT2D eigenvalue weighted by molar-refractivity contribution is 0.0758. The number of nitrogens with two attached hydrogens (primary N) is 1. The van der Waals surface area contributed by atoms with Crippen LogP contribution in [0.4, 0.5) is 0 Å². The third kappa shape index (κ3) is 4.31. The molecule has 0 saturated carbocycles. The molecular weight excluding hydrogens is 260 g/mol. The fourth-order valence-corrected chi connectivity index (χ4v) is 3.20. The second-order valence-corrected chi connectivity index (χ2v) is 6.47. The van der Waals surface area contributed by atoms with Crippen LogP contribution in [0.5, 0.6) is 0 Å². The summed E-state index contributed by atoms with van der Waals surface area (Å²) in [4.78, 5) is 14.7. The van der Waals surface area contributed by atoms with Crippen LogP contribution in [0.2, 0.25) is 0 Å². The first-order chi connectivity index (χ1) is 10.1. The number of benzene rings is 1. The van der Waals surface area contributed by atoms with Gasteiger partial charge in [-0.1, -0.05) is 26.0 Å². The van der Waals surface area contributed by atoms with E-state index in [0.29, 0.717) is 12.5 Å². The Morgan fingerprint density at radius 1 is 1.33 bits per heavy atom. The maximum absolute atomic E-state index is 12.7. The van der Waals surface area contributed by atoms with Gasteiger partial charge in [0, 0.05) is 18.7 Å². The van der Waals surface area contributed by atoms with E-state index in [-0.39, 0.29) is 5.91 Å². The van der Waals surface area contributed by atoms with Gasteiger partial charge in [-0.15, -0.1) is 0 Å². The molecule has 1 unspecified atom stereocenters. The van der Waals surface area contributed by atoms with Crippen molar-refractivity contribution >= 4 is 5.91 Å². The van der Waals surface area contributed by atoms with Crippen LogP contribution in [0, 0.1) is 11.8 Å². The molecule has 21 heavy (non-hydrogen) atoms. The first-order valence-corrected chi connectivity index (χ1v) is 8.20. The van der Waals surface area contributed by atoms with Crippen molar-refractivity contribution in [3.63, 3.8) is 0 Å². The van der Waals surface area contributed by atoms with Gasteiger partial charge in [0.15, 0.2) is 0 Å². The minimum Gasteiger partial charge on any atom is -0.339 e. The molecule has 1 aliphatic heterocycles. The number of hydrogen-bond donors (Lipinski definition) is 1. The summed E-state index contributed by atoms with van der Waals surface area (Å²) in [5.74, 6) is 1.65. The molecule has 0 spiro atoms. The predicted octanol–water partition coefficient (Wildman–Crippen LogP) is 3.09. The number of carbonyl (C=O) groups is 1. The van der Waals surface area contributed by atoms with E-state index in [2.05, 4.69) is 13.8 Å². The quantitative estimate of drug-likeness (QED) is 0.925. The Kier molecular flexibility index (Phi) is 5.80. The molecule has 1 aliphatic rings. The lowest BCUT2D eigenvalue weighted by atomic mass is 9.89. The van der Waals surface area contributed by atoms with Gasteiger partial charge in [0.1, 0.15) is 0 Å². The molecule has 3 heteroatoms. The highest BCUT2D eigenvalue weighted by atomic mass is 16.2. The van der Waals surface area contributed by atoms with Gasteiger partial charge in [-0.2, -0.15) is 0 Å². The molecule has 116 valence electrons. The van der Waals surface area contributed by atoms with Crippen LogP contribution in [0.3, 0.4) is 0 Å². The van der Waals surface area contributed by atoms with E-state index >= 15 is 0 Å². The zero-order valence-corrected chi connectivity index (χ0v) is 13.3. The number of likely N-dealkylation sites (tertiary alicyclic amines) is 1. The van der Waals surface area contributed by atoms with Crippen molar-refractivity contribution in [1.29, 1.82) is 0 Å². The van der Waals surface area contributed by atoms with Gasteiger partial charge in [-0.25, -0.2) is 0 Å². The fourth-order valence-electron chi connectivity index (χ4n) is 3.20. The molecule has 2 N–H and O–H groups in total. The molecule has 1 atom stereocenters. The van der Waals surface area contributed by atoms with Crippen molar-refractivity contribution in [3.8, 4) is 0 Å². The normalized spacial score (nSPS) is 19.6. The van der Waals surface area contributed by atoms with Crippen molar-refractivity contribution in [2.24, 2.45) is 17.6 Å². The van der Waals surface area contributed by atoms with Crippen LogP contribution in [0.15, 0.2) is 24.3 Å². The molecule has 1 fully saturated rings. The minimum atomic E-state index is 0.179. The predicted molar refractivity (Wildman–Crippen MR) is 87.3 cm³/mol. The molecule has 1 amide bonds. The Balaban J connectivity index is 2.04. The highest BCUT2D eigenvalue weighted by molar-refractivity contribution is 5.94. The van der Waals surface area contributed by atoms with Gasteiger partial charge in [0.25, 0.3) is 5.91 Å². The molecule has 0 radical (unpaired) electrons. The van der Waals surface area contributed by atoms with Crippen LogP contribution in [-0.2, 0) is 6.42 Å². The molecule has 3 nitrogen and oxygen atoms in total. The van der Waals surface area contributed by atoms with E-state index in [1.54, 1.807) is 0 Å². The van der Waals surface area contributed by atoms with E-state index in [1.165, 1.54) is 6.42 Å². The second-order valence-electron chi connectivity index (χ2n) is 6.47. The van der Waals surface area contributed by atoms with Crippen molar-refractivity contribution in [3.05, 3.63) is 35.4 Å². The Bertz CT molecular complexity index is 470. The van der Waals surface area contributed by atoms with E-state index in [9.17, 15) is 4.79 Å². The SMILES string of the molecule is CC(C)C1CCCN(C(=O)c2cccc(CCN)c2)CC1. The van der Waals surface area contributed by atoms with Crippen LogP contribution in [0.25, 0.3) is 0 Å². The number of hydrogen-bond acceptors (Lipinski definition) is 2. The van der Waals surface area contributed by atoms with Gasteiger partial charge >= 0.3 is 0 Å². The first-order valence-electron chi connectivity index (χ1n) is 8.20. The van der Waals surface area contributed by atoms with Crippen molar-refractivity contribution in [1.82, 2.24) is 4.90 Å². The smallest absolute Gasteiger partial charge is 0.253 e. The zero-order chi connectivity index (χ0) is 15.2. The van der Waals surface area contributed by atoms with Crippen molar-refractivity contribution < 1.29 is 4.79 Å².